The molecule has 4 heterocycles. The largest absolute Gasteiger partial charge is 0.507 e. The second-order valence-corrected chi connectivity index (χ2v) is 7.62. The molecular formula is C21H20FN5O. The molecule has 2 bridgehead atoms. The number of halogens is 1. The van der Waals surface area contributed by atoms with Crippen molar-refractivity contribution in [3.8, 4) is 17.1 Å². The number of nitrogens with one attached hydrogen (secondary N) is 1. The third-order valence-corrected chi connectivity index (χ3v) is 5.92. The van der Waals surface area contributed by atoms with E-state index in [-0.39, 0.29) is 17.7 Å². The molecule has 3 aromatic rings. The highest BCUT2D eigenvalue weighted by atomic mass is 19.1. The van der Waals surface area contributed by atoms with E-state index in [9.17, 15) is 9.50 Å². The number of aromatic nitrogens is 4. The monoisotopic (exact) mass is 377 g/mol. The molecule has 2 aromatic heterocycles. The summed E-state index contributed by atoms with van der Waals surface area (Å²) in [6, 6.07) is 5.55. The van der Waals surface area contributed by atoms with Gasteiger partial charge in [-0.25, -0.2) is 9.37 Å². The van der Waals surface area contributed by atoms with Gasteiger partial charge in [-0.3, -0.25) is 4.98 Å². The Morgan fingerprint density at radius 2 is 2.07 bits per heavy atom. The Kier molecular flexibility index (Phi) is 4.05. The highest BCUT2D eigenvalue weighted by Gasteiger charge is 2.43. The van der Waals surface area contributed by atoms with Crippen molar-refractivity contribution >= 4 is 16.3 Å². The van der Waals surface area contributed by atoms with Crippen LogP contribution in [0.25, 0.3) is 27.7 Å². The predicted octanol–water partition coefficient (Wildman–Crippen LogP) is 3.28. The Bertz CT molecular complexity index is 1050. The van der Waals surface area contributed by atoms with Gasteiger partial charge in [-0.1, -0.05) is 6.58 Å². The van der Waals surface area contributed by atoms with E-state index in [0.29, 0.717) is 28.7 Å². The number of hydrogen-bond donors (Lipinski definition) is 2. The number of aromatic hydroxyl groups is 1. The lowest BCUT2D eigenvalue weighted by molar-refractivity contribution is 0.167. The van der Waals surface area contributed by atoms with E-state index in [1.54, 1.807) is 30.7 Å². The molecule has 0 amide bonds. The molecule has 2 saturated heterocycles. The van der Waals surface area contributed by atoms with Crippen molar-refractivity contribution in [3.63, 3.8) is 0 Å². The standard InChI is InChI=1S/C21H20FN5O/c1-11(15-8-14-2-3-17(25-14)20(15)22)18-10-24-21(27-26-18)16-6-12-4-5-23-9-13(12)7-19(16)28/h4-7,9-10,14-15,17,20,25,28H,1-3,8H2/t14?,15-,17?,20-/m1/s1. The number of phenols is 1. The number of alkyl halides is 1. The lowest BCUT2D eigenvalue weighted by Crippen LogP contribution is -2.47. The Labute approximate surface area is 161 Å². The van der Waals surface area contributed by atoms with Gasteiger partial charge in [0.15, 0.2) is 5.82 Å². The Balaban J connectivity index is 1.43. The van der Waals surface area contributed by atoms with Crippen molar-refractivity contribution in [3.05, 3.63) is 49.1 Å². The number of nitrogens with zero attached hydrogens (tertiary/aromatic N) is 4. The molecule has 2 N–H and O–H groups in total. The van der Waals surface area contributed by atoms with Gasteiger partial charge in [-0.2, -0.15) is 0 Å². The van der Waals surface area contributed by atoms with Crippen molar-refractivity contribution in [1.29, 1.82) is 0 Å². The molecule has 0 aliphatic carbocycles. The number of allylic oxidation sites excluding steroid dienone is 1. The maximum atomic E-state index is 14.8. The molecule has 0 radical (unpaired) electrons. The highest BCUT2D eigenvalue weighted by molar-refractivity contribution is 5.88. The summed E-state index contributed by atoms with van der Waals surface area (Å²) in [6.07, 6.45) is 6.58. The smallest absolute Gasteiger partial charge is 0.185 e. The van der Waals surface area contributed by atoms with E-state index in [4.69, 9.17) is 0 Å². The fourth-order valence-corrected chi connectivity index (χ4v) is 4.38. The summed E-state index contributed by atoms with van der Waals surface area (Å²) in [6.45, 7) is 4.09. The molecule has 2 aliphatic heterocycles. The Hall–Kier alpha value is -2.93. The second-order valence-electron chi connectivity index (χ2n) is 7.62. The maximum absolute atomic E-state index is 14.8. The maximum Gasteiger partial charge on any atom is 0.185 e. The lowest BCUT2D eigenvalue weighted by atomic mass is 9.84. The topological polar surface area (TPSA) is 83.8 Å². The summed E-state index contributed by atoms with van der Waals surface area (Å²) in [5.41, 5.74) is 1.64. The number of pyridine rings is 1. The number of piperidine rings is 1. The summed E-state index contributed by atoms with van der Waals surface area (Å²) >= 11 is 0. The molecule has 142 valence electrons. The van der Waals surface area contributed by atoms with Gasteiger partial charge in [-0.15, -0.1) is 10.2 Å². The van der Waals surface area contributed by atoms with Crippen LogP contribution < -0.4 is 5.32 Å². The van der Waals surface area contributed by atoms with Crippen LogP contribution >= 0.6 is 0 Å². The summed E-state index contributed by atoms with van der Waals surface area (Å²) in [5.74, 6) is 0.116. The molecule has 1 aromatic carbocycles. The van der Waals surface area contributed by atoms with E-state index in [2.05, 4.69) is 32.1 Å². The SMILES string of the molecule is C=C(c1cnc(-c2cc3ccncc3cc2O)nn1)[C@H]1CC2CCC(N2)[C@@H]1F. The molecule has 28 heavy (non-hydrogen) atoms. The van der Waals surface area contributed by atoms with Crippen LogP contribution in [0.5, 0.6) is 5.75 Å². The molecule has 6 nitrogen and oxygen atoms in total. The number of phenolic OH excluding ortho intramolecular Hbond substituents is 1. The van der Waals surface area contributed by atoms with E-state index in [1.807, 2.05) is 6.07 Å². The predicted molar refractivity (Wildman–Crippen MR) is 104 cm³/mol. The number of fused-ring (bicyclic) bond motifs is 3. The fourth-order valence-electron chi connectivity index (χ4n) is 4.38. The molecule has 4 atom stereocenters. The van der Waals surface area contributed by atoms with E-state index < -0.39 is 6.17 Å². The third-order valence-electron chi connectivity index (χ3n) is 5.92. The first-order valence-corrected chi connectivity index (χ1v) is 9.46. The van der Waals surface area contributed by atoms with Crippen LogP contribution in [0.15, 0.2) is 43.4 Å². The molecule has 5 rings (SSSR count). The van der Waals surface area contributed by atoms with Gasteiger partial charge in [0.1, 0.15) is 17.6 Å². The van der Waals surface area contributed by atoms with Crippen LogP contribution in [0, 0.1) is 5.92 Å². The van der Waals surface area contributed by atoms with Crippen molar-refractivity contribution < 1.29 is 9.50 Å². The van der Waals surface area contributed by atoms with Gasteiger partial charge in [0, 0.05) is 35.8 Å². The Morgan fingerprint density at radius 3 is 2.89 bits per heavy atom. The van der Waals surface area contributed by atoms with Gasteiger partial charge in [0.2, 0.25) is 0 Å². The van der Waals surface area contributed by atoms with Crippen molar-refractivity contribution in [1.82, 2.24) is 25.5 Å². The molecule has 0 saturated carbocycles. The third kappa shape index (κ3) is 2.82. The van der Waals surface area contributed by atoms with Gasteiger partial charge in [0.25, 0.3) is 0 Å². The van der Waals surface area contributed by atoms with Gasteiger partial charge in [-0.05, 0) is 48.4 Å². The van der Waals surface area contributed by atoms with Crippen molar-refractivity contribution in [2.75, 3.05) is 0 Å². The van der Waals surface area contributed by atoms with E-state index in [0.717, 1.165) is 30.0 Å². The zero-order chi connectivity index (χ0) is 19.3. The molecular weight excluding hydrogens is 357 g/mol. The minimum absolute atomic E-state index is 0.0626. The Morgan fingerprint density at radius 1 is 1.18 bits per heavy atom. The van der Waals surface area contributed by atoms with Crippen LogP contribution in [-0.4, -0.2) is 43.5 Å². The molecule has 2 fully saturated rings. The molecule has 2 aliphatic rings. The first-order valence-electron chi connectivity index (χ1n) is 9.46. The average molecular weight is 377 g/mol. The summed E-state index contributed by atoms with van der Waals surface area (Å²) in [4.78, 5) is 8.42. The van der Waals surface area contributed by atoms with E-state index >= 15 is 0 Å². The van der Waals surface area contributed by atoms with Crippen LogP contribution in [0.4, 0.5) is 4.39 Å². The first-order chi connectivity index (χ1) is 13.6. The fraction of sp³-hybridized carbons (Fsp3) is 0.333. The summed E-state index contributed by atoms with van der Waals surface area (Å²) < 4.78 is 14.8. The minimum atomic E-state index is -0.967. The number of rotatable bonds is 3. The van der Waals surface area contributed by atoms with Gasteiger partial charge in [0.05, 0.1) is 11.8 Å². The molecule has 7 heteroatoms. The van der Waals surface area contributed by atoms with Crippen LogP contribution in [-0.2, 0) is 0 Å². The molecule has 2 unspecified atom stereocenters. The van der Waals surface area contributed by atoms with Crippen LogP contribution in [0.1, 0.15) is 25.0 Å². The summed E-state index contributed by atoms with van der Waals surface area (Å²) in [5, 5.41) is 23.8. The lowest BCUT2D eigenvalue weighted by Gasteiger charge is -2.33. The zero-order valence-corrected chi connectivity index (χ0v) is 15.2. The minimum Gasteiger partial charge on any atom is -0.507 e. The van der Waals surface area contributed by atoms with Crippen LogP contribution in [0.2, 0.25) is 0 Å². The number of hydrogen-bond acceptors (Lipinski definition) is 6. The second kappa shape index (κ2) is 6.60. The summed E-state index contributed by atoms with van der Waals surface area (Å²) in [7, 11) is 0. The van der Waals surface area contributed by atoms with Gasteiger partial charge < -0.3 is 10.4 Å². The van der Waals surface area contributed by atoms with Crippen molar-refractivity contribution in [2.45, 2.75) is 37.5 Å². The normalized spacial score (nSPS) is 26.5. The van der Waals surface area contributed by atoms with E-state index in [1.165, 1.54) is 0 Å². The highest BCUT2D eigenvalue weighted by Crippen LogP contribution is 2.39. The zero-order valence-electron chi connectivity index (χ0n) is 15.2. The van der Waals surface area contributed by atoms with Crippen molar-refractivity contribution in [2.24, 2.45) is 5.92 Å². The average Bonchev–Trinajstić information content (AvgIpc) is 3.13. The van der Waals surface area contributed by atoms with Crippen LogP contribution in [0.3, 0.4) is 0 Å². The number of benzene rings is 1. The quantitative estimate of drug-likeness (QED) is 0.729. The van der Waals surface area contributed by atoms with Gasteiger partial charge >= 0.3 is 0 Å². The first kappa shape index (κ1) is 17.2. The molecule has 0 spiro atoms.